The van der Waals surface area contributed by atoms with Crippen molar-refractivity contribution in [2.45, 2.75) is 56.2 Å². The Balaban J connectivity index is 1.32. The third-order valence-corrected chi connectivity index (χ3v) is 7.45. The topological polar surface area (TPSA) is 78.4 Å². The van der Waals surface area contributed by atoms with Crippen molar-refractivity contribution >= 4 is 17.7 Å². The fraction of sp³-hybridized carbons (Fsp3) is 0.542. The molecule has 4 heterocycles. The summed E-state index contributed by atoms with van der Waals surface area (Å²) in [6, 6.07) is 9.79. The molecular weight excluding hydrogens is 438 g/mol. The predicted octanol–water partition coefficient (Wildman–Crippen LogP) is 4.65. The van der Waals surface area contributed by atoms with Crippen LogP contribution in [0.15, 0.2) is 40.0 Å². The number of para-hydroxylation sites is 1. The molecule has 1 unspecified atom stereocenters. The molecule has 8 nitrogen and oxygen atoms in total. The molecule has 2 aliphatic rings. The summed E-state index contributed by atoms with van der Waals surface area (Å²) in [6.07, 6.45) is 4.82. The van der Waals surface area contributed by atoms with Gasteiger partial charge >= 0.3 is 0 Å². The molecule has 1 aromatic carbocycles. The van der Waals surface area contributed by atoms with E-state index in [-0.39, 0.29) is 6.10 Å². The van der Waals surface area contributed by atoms with E-state index in [2.05, 4.69) is 31.7 Å². The highest BCUT2D eigenvalue weighted by Crippen LogP contribution is 2.32. The third kappa shape index (κ3) is 5.04. The van der Waals surface area contributed by atoms with Gasteiger partial charge in [0.2, 0.25) is 5.95 Å². The van der Waals surface area contributed by atoms with Crippen LogP contribution in [-0.2, 0) is 17.0 Å². The number of methoxy groups -OCH3 is 1. The Labute approximate surface area is 198 Å². The van der Waals surface area contributed by atoms with Crippen molar-refractivity contribution in [3.8, 4) is 17.0 Å². The van der Waals surface area contributed by atoms with Crippen molar-refractivity contribution < 1.29 is 14.0 Å². The molecule has 0 spiro atoms. The van der Waals surface area contributed by atoms with E-state index in [9.17, 15) is 0 Å². The van der Waals surface area contributed by atoms with Crippen molar-refractivity contribution in [1.29, 1.82) is 0 Å². The van der Waals surface area contributed by atoms with Crippen molar-refractivity contribution in [2.24, 2.45) is 5.92 Å². The Morgan fingerprint density at radius 2 is 2.00 bits per heavy atom. The number of benzene rings is 1. The summed E-state index contributed by atoms with van der Waals surface area (Å²) in [5.41, 5.74) is 1.69. The smallest absolute Gasteiger partial charge is 0.228 e. The Morgan fingerprint density at radius 1 is 1.15 bits per heavy atom. The molecule has 1 atom stereocenters. The zero-order valence-electron chi connectivity index (χ0n) is 19.3. The van der Waals surface area contributed by atoms with Crippen LogP contribution in [0, 0.1) is 5.92 Å². The molecule has 5 rings (SSSR count). The van der Waals surface area contributed by atoms with Crippen molar-refractivity contribution in [3.05, 3.63) is 36.1 Å². The van der Waals surface area contributed by atoms with Gasteiger partial charge in [0.1, 0.15) is 17.2 Å². The highest BCUT2D eigenvalue weighted by atomic mass is 32.2. The number of aromatic nitrogens is 4. The summed E-state index contributed by atoms with van der Waals surface area (Å²) in [5.74, 6) is 3.94. The van der Waals surface area contributed by atoms with Crippen LogP contribution < -0.4 is 9.64 Å². The maximum Gasteiger partial charge on any atom is 0.228 e. The molecule has 2 saturated heterocycles. The highest BCUT2D eigenvalue weighted by Gasteiger charge is 2.26. The van der Waals surface area contributed by atoms with Gasteiger partial charge in [-0.2, -0.15) is 0 Å². The second-order valence-electron chi connectivity index (χ2n) is 8.87. The average molecular weight is 470 g/mol. The van der Waals surface area contributed by atoms with E-state index in [4.69, 9.17) is 14.0 Å². The van der Waals surface area contributed by atoms with Gasteiger partial charge in [-0.15, -0.1) is 10.2 Å². The molecule has 2 fully saturated rings. The first kappa shape index (κ1) is 22.3. The van der Waals surface area contributed by atoms with E-state index in [0.29, 0.717) is 5.75 Å². The molecular formula is C24H31N5O3S. The van der Waals surface area contributed by atoms with Gasteiger partial charge in [-0.25, -0.2) is 0 Å². The van der Waals surface area contributed by atoms with Crippen LogP contribution in [0.3, 0.4) is 0 Å². The van der Waals surface area contributed by atoms with E-state index >= 15 is 0 Å². The maximum atomic E-state index is 5.93. The van der Waals surface area contributed by atoms with Crippen LogP contribution >= 0.6 is 11.8 Å². The Hall–Kier alpha value is -2.52. The summed E-state index contributed by atoms with van der Waals surface area (Å²) in [4.78, 5) is 2.38. The number of rotatable bonds is 8. The van der Waals surface area contributed by atoms with Crippen LogP contribution in [0.2, 0.25) is 0 Å². The molecule has 0 saturated carbocycles. The molecule has 33 heavy (non-hydrogen) atoms. The lowest BCUT2D eigenvalue weighted by Crippen LogP contribution is -2.35. The van der Waals surface area contributed by atoms with Crippen LogP contribution in [0.25, 0.3) is 11.3 Å². The Bertz CT molecular complexity index is 1050. The number of ether oxygens (including phenoxy) is 2. The van der Waals surface area contributed by atoms with E-state index in [1.807, 2.05) is 30.3 Å². The minimum Gasteiger partial charge on any atom is -0.496 e. The summed E-state index contributed by atoms with van der Waals surface area (Å²) < 4.78 is 19.3. The van der Waals surface area contributed by atoms with E-state index < -0.39 is 0 Å². The van der Waals surface area contributed by atoms with Gasteiger partial charge in [0, 0.05) is 31.3 Å². The van der Waals surface area contributed by atoms with Gasteiger partial charge < -0.3 is 18.9 Å². The minimum absolute atomic E-state index is 0.227. The predicted molar refractivity (Wildman–Crippen MR) is 128 cm³/mol. The minimum atomic E-state index is 0.227. The molecule has 0 bridgehead atoms. The van der Waals surface area contributed by atoms with Gasteiger partial charge in [-0.05, 0) is 43.7 Å². The molecule has 0 aliphatic carbocycles. The van der Waals surface area contributed by atoms with E-state index in [1.54, 1.807) is 18.9 Å². The van der Waals surface area contributed by atoms with Crippen LogP contribution in [0.4, 0.5) is 5.95 Å². The Morgan fingerprint density at radius 3 is 2.79 bits per heavy atom. The fourth-order valence-electron chi connectivity index (χ4n) is 4.48. The van der Waals surface area contributed by atoms with Gasteiger partial charge in [-0.3, -0.25) is 4.57 Å². The molecule has 176 valence electrons. The molecule has 2 aliphatic heterocycles. The van der Waals surface area contributed by atoms with Crippen LogP contribution in [0.5, 0.6) is 5.75 Å². The lowest BCUT2D eigenvalue weighted by Gasteiger charge is -2.31. The lowest BCUT2D eigenvalue weighted by molar-refractivity contribution is 0.0951. The van der Waals surface area contributed by atoms with Crippen molar-refractivity contribution in [3.63, 3.8) is 0 Å². The fourth-order valence-corrected chi connectivity index (χ4v) is 5.30. The first-order valence-electron chi connectivity index (χ1n) is 11.7. The zero-order chi connectivity index (χ0) is 22.6. The quantitative estimate of drug-likeness (QED) is 0.441. The number of nitrogens with zero attached hydrogens (tertiary/aromatic N) is 5. The second-order valence-corrected chi connectivity index (χ2v) is 9.81. The summed E-state index contributed by atoms with van der Waals surface area (Å²) in [6.45, 7) is 6.02. The summed E-state index contributed by atoms with van der Waals surface area (Å²) in [7, 11) is 1.66. The largest absolute Gasteiger partial charge is 0.496 e. The molecule has 2 aromatic heterocycles. The van der Waals surface area contributed by atoms with Gasteiger partial charge in [0.05, 0.1) is 25.5 Å². The van der Waals surface area contributed by atoms with Crippen LogP contribution in [-0.4, -0.2) is 52.8 Å². The molecule has 9 heteroatoms. The normalized spacial score (nSPS) is 19.3. The third-order valence-electron chi connectivity index (χ3n) is 6.46. The van der Waals surface area contributed by atoms with Gasteiger partial charge in [0.25, 0.3) is 0 Å². The Kier molecular flexibility index (Phi) is 6.87. The maximum absolute atomic E-state index is 5.93. The SMILES string of the molecule is COc1ccccc1-c1cc(CSc2nnc(N3CCC(C)CC3)n2CC2CCCO2)on1. The molecule has 3 aromatic rings. The molecule has 0 N–H and O–H groups in total. The molecule has 0 amide bonds. The number of anilines is 1. The lowest BCUT2D eigenvalue weighted by atomic mass is 10.00. The number of hydrogen-bond donors (Lipinski definition) is 0. The van der Waals surface area contributed by atoms with Crippen molar-refractivity contribution in [1.82, 2.24) is 19.9 Å². The first-order chi connectivity index (χ1) is 16.2. The number of hydrogen-bond acceptors (Lipinski definition) is 8. The molecule has 0 radical (unpaired) electrons. The van der Waals surface area contributed by atoms with E-state index in [1.165, 1.54) is 12.8 Å². The summed E-state index contributed by atoms with van der Waals surface area (Å²) >= 11 is 1.63. The standard InChI is InChI=1S/C24H31N5O3S/c1-17-9-11-28(12-10-17)23-25-26-24(29(23)15-18-6-5-13-31-18)33-16-19-14-21(27-32-19)20-7-3-4-8-22(20)30-2/h3-4,7-8,14,17-18H,5-6,9-13,15-16H2,1-2H3. The van der Waals surface area contributed by atoms with Gasteiger partial charge in [0.15, 0.2) is 5.16 Å². The zero-order valence-corrected chi connectivity index (χ0v) is 20.1. The second kappa shape index (κ2) is 10.2. The number of piperidine rings is 1. The van der Waals surface area contributed by atoms with Crippen LogP contribution in [0.1, 0.15) is 38.4 Å². The first-order valence-corrected chi connectivity index (χ1v) is 12.7. The van der Waals surface area contributed by atoms with E-state index in [0.717, 1.165) is 78.9 Å². The number of thioether (sulfide) groups is 1. The monoisotopic (exact) mass is 469 g/mol. The van der Waals surface area contributed by atoms with Gasteiger partial charge in [-0.1, -0.05) is 36.0 Å². The summed E-state index contributed by atoms with van der Waals surface area (Å²) in [5, 5.41) is 14.3. The average Bonchev–Trinajstić information content (AvgIpc) is 3.60. The van der Waals surface area contributed by atoms with Crippen molar-refractivity contribution in [2.75, 3.05) is 31.7 Å². The highest BCUT2D eigenvalue weighted by molar-refractivity contribution is 7.98.